The van der Waals surface area contributed by atoms with Crippen LogP contribution in [0, 0.1) is 0 Å². The maximum Gasteiger partial charge on any atom is 0.270 e. The molecular formula is C18H19N3O2S2. The van der Waals surface area contributed by atoms with Crippen LogP contribution in [0.4, 0.5) is 5.13 Å². The molecule has 1 fully saturated rings. The summed E-state index contributed by atoms with van der Waals surface area (Å²) in [7, 11) is 0. The van der Waals surface area contributed by atoms with Gasteiger partial charge >= 0.3 is 0 Å². The molecular weight excluding hydrogens is 354 g/mol. The average molecular weight is 374 g/mol. The number of ether oxygens (including phenoxy) is 1. The van der Waals surface area contributed by atoms with Crippen LogP contribution in [0.2, 0.25) is 0 Å². The lowest BCUT2D eigenvalue weighted by Gasteiger charge is -2.29. The van der Waals surface area contributed by atoms with E-state index in [2.05, 4.69) is 4.90 Å². The van der Waals surface area contributed by atoms with E-state index in [0.717, 1.165) is 53.1 Å². The molecule has 1 amide bonds. The summed E-state index contributed by atoms with van der Waals surface area (Å²) >= 11 is 3.05. The lowest BCUT2D eigenvalue weighted by Crippen LogP contribution is -2.43. The number of aromatic nitrogens is 1. The number of nitrogens with zero attached hydrogens (tertiary/aromatic N) is 3. The molecule has 130 valence electrons. The zero-order valence-electron chi connectivity index (χ0n) is 13.8. The van der Waals surface area contributed by atoms with E-state index in [-0.39, 0.29) is 5.91 Å². The summed E-state index contributed by atoms with van der Waals surface area (Å²) < 4.78 is 6.51. The van der Waals surface area contributed by atoms with E-state index in [1.165, 1.54) is 11.3 Å². The van der Waals surface area contributed by atoms with Gasteiger partial charge < -0.3 is 4.74 Å². The van der Waals surface area contributed by atoms with Crippen LogP contribution in [-0.4, -0.2) is 55.2 Å². The van der Waals surface area contributed by atoms with Crippen molar-refractivity contribution in [3.05, 3.63) is 46.7 Å². The highest BCUT2D eigenvalue weighted by Gasteiger charge is 2.23. The largest absolute Gasteiger partial charge is 0.379 e. The summed E-state index contributed by atoms with van der Waals surface area (Å²) in [4.78, 5) is 22.6. The van der Waals surface area contributed by atoms with Gasteiger partial charge in [0.15, 0.2) is 5.13 Å². The van der Waals surface area contributed by atoms with E-state index in [9.17, 15) is 4.79 Å². The third kappa shape index (κ3) is 3.74. The monoisotopic (exact) mass is 373 g/mol. The molecule has 1 aliphatic heterocycles. The highest BCUT2D eigenvalue weighted by molar-refractivity contribution is 7.22. The molecule has 0 radical (unpaired) electrons. The van der Waals surface area contributed by atoms with Crippen molar-refractivity contribution < 1.29 is 9.53 Å². The van der Waals surface area contributed by atoms with Gasteiger partial charge in [0.2, 0.25) is 0 Å². The van der Waals surface area contributed by atoms with Gasteiger partial charge in [-0.2, -0.15) is 0 Å². The SMILES string of the molecule is O=C(c1cccs1)N(CCN1CCOCC1)c1nc2ccccc2s1. The molecule has 0 spiro atoms. The first kappa shape index (κ1) is 16.7. The van der Waals surface area contributed by atoms with Gasteiger partial charge in [-0.15, -0.1) is 11.3 Å². The molecule has 25 heavy (non-hydrogen) atoms. The fourth-order valence-corrected chi connectivity index (χ4v) is 4.52. The molecule has 1 aromatic carbocycles. The van der Waals surface area contributed by atoms with Crippen molar-refractivity contribution >= 4 is 43.9 Å². The van der Waals surface area contributed by atoms with Crippen LogP contribution in [0.5, 0.6) is 0 Å². The number of morpholine rings is 1. The lowest BCUT2D eigenvalue weighted by molar-refractivity contribution is 0.0391. The number of fused-ring (bicyclic) bond motifs is 1. The first-order chi connectivity index (χ1) is 12.3. The van der Waals surface area contributed by atoms with E-state index in [0.29, 0.717) is 6.54 Å². The molecule has 0 aliphatic carbocycles. The number of amides is 1. The van der Waals surface area contributed by atoms with Gasteiger partial charge in [0.25, 0.3) is 5.91 Å². The number of rotatable bonds is 5. The number of thiazole rings is 1. The highest BCUT2D eigenvalue weighted by Crippen LogP contribution is 2.30. The minimum atomic E-state index is 0.0299. The summed E-state index contributed by atoms with van der Waals surface area (Å²) in [6.45, 7) is 4.83. The number of carbonyl (C=O) groups excluding carboxylic acids is 1. The summed E-state index contributed by atoms with van der Waals surface area (Å²) in [5.74, 6) is 0.0299. The van der Waals surface area contributed by atoms with Gasteiger partial charge in [-0.3, -0.25) is 14.6 Å². The Morgan fingerprint density at radius 3 is 2.80 bits per heavy atom. The minimum absolute atomic E-state index is 0.0299. The number of para-hydroxylation sites is 1. The fourth-order valence-electron chi connectivity index (χ4n) is 2.86. The van der Waals surface area contributed by atoms with Crippen molar-refractivity contribution in [3.8, 4) is 0 Å². The van der Waals surface area contributed by atoms with Gasteiger partial charge in [-0.25, -0.2) is 4.98 Å². The topological polar surface area (TPSA) is 45.7 Å². The molecule has 7 heteroatoms. The molecule has 3 heterocycles. The molecule has 3 aromatic rings. The van der Waals surface area contributed by atoms with E-state index in [1.54, 1.807) is 11.3 Å². The van der Waals surface area contributed by atoms with E-state index >= 15 is 0 Å². The molecule has 0 unspecified atom stereocenters. The Kier molecular flexibility index (Phi) is 5.07. The number of carbonyl (C=O) groups is 1. The molecule has 2 aromatic heterocycles. The Morgan fingerprint density at radius 2 is 2.04 bits per heavy atom. The van der Waals surface area contributed by atoms with Crippen molar-refractivity contribution in [3.63, 3.8) is 0 Å². The number of hydrogen-bond donors (Lipinski definition) is 0. The number of anilines is 1. The van der Waals surface area contributed by atoms with Crippen LogP contribution >= 0.6 is 22.7 Å². The smallest absolute Gasteiger partial charge is 0.270 e. The van der Waals surface area contributed by atoms with Gasteiger partial charge in [0.05, 0.1) is 28.3 Å². The second-order valence-corrected chi connectivity index (χ2v) is 7.81. The summed E-state index contributed by atoms with van der Waals surface area (Å²) in [6, 6.07) is 11.8. The molecule has 0 atom stereocenters. The second kappa shape index (κ2) is 7.61. The quantitative estimate of drug-likeness (QED) is 0.688. The Morgan fingerprint density at radius 1 is 1.20 bits per heavy atom. The normalized spacial score (nSPS) is 15.5. The maximum atomic E-state index is 13.0. The maximum absolute atomic E-state index is 13.0. The first-order valence-electron chi connectivity index (χ1n) is 8.32. The predicted molar refractivity (Wildman–Crippen MR) is 103 cm³/mol. The van der Waals surface area contributed by atoms with E-state index in [4.69, 9.17) is 9.72 Å². The molecule has 4 rings (SSSR count). The van der Waals surface area contributed by atoms with E-state index in [1.807, 2.05) is 46.7 Å². The standard InChI is InChI=1S/C18H19N3O2S2/c22-17(16-6-3-13-24-16)21(8-7-20-9-11-23-12-10-20)18-19-14-4-1-2-5-15(14)25-18/h1-6,13H,7-12H2. The zero-order chi connectivity index (χ0) is 17.1. The highest BCUT2D eigenvalue weighted by atomic mass is 32.1. The van der Waals surface area contributed by atoms with Crippen molar-refractivity contribution in [1.82, 2.24) is 9.88 Å². The van der Waals surface area contributed by atoms with Crippen LogP contribution in [0.15, 0.2) is 41.8 Å². The summed E-state index contributed by atoms with van der Waals surface area (Å²) in [5.41, 5.74) is 0.942. The molecule has 0 bridgehead atoms. The van der Waals surface area contributed by atoms with Crippen LogP contribution in [0.25, 0.3) is 10.2 Å². The van der Waals surface area contributed by atoms with Gasteiger partial charge in [-0.1, -0.05) is 29.5 Å². The number of thiophene rings is 1. The number of hydrogen-bond acceptors (Lipinski definition) is 6. The van der Waals surface area contributed by atoms with Crippen LogP contribution in [0.1, 0.15) is 9.67 Å². The third-order valence-corrected chi connectivity index (χ3v) is 6.15. The van der Waals surface area contributed by atoms with Crippen molar-refractivity contribution in [2.24, 2.45) is 0 Å². The second-order valence-electron chi connectivity index (χ2n) is 5.85. The predicted octanol–water partition coefficient (Wildman–Crippen LogP) is 3.34. The average Bonchev–Trinajstić information content (AvgIpc) is 3.32. The molecule has 1 aliphatic rings. The van der Waals surface area contributed by atoms with Crippen LogP contribution in [0.3, 0.4) is 0 Å². The van der Waals surface area contributed by atoms with Crippen LogP contribution in [-0.2, 0) is 4.74 Å². The Bertz CT molecular complexity index is 808. The minimum Gasteiger partial charge on any atom is -0.379 e. The van der Waals surface area contributed by atoms with Gasteiger partial charge in [-0.05, 0) is 23.6 Å². The number of benzene rings is 1. The first-order valence-corrected chi connectivity index (χ1v) is 10.0. The van der Waals surface area contributed by atoms with Gasteiger partial charge in [0.1, 0.15) is 0 Å². The van der Waals surface area contributed by atoms with Gasteiger partial charge in [0, 0.05) is 26.2 Å². The van der Waals surface area contributed by atoms with Crippen molar-refractivity contribution in [2.75, 3.05) is 44.3 Å². The third-order valence-electron chi connectivity index (χ3n) is 4.23. The Hall–Kier alpha value is -1.80. The fraction of sp³-hybridized carbons (Fsp3) is 0.333. The van der Waals surface area contributed by atoms with Crippen LogP contribution < -0.4 is 4.90 Å². The van der Waals surface area contributed by atoms with Crippen molar-refractivity contribution in [2.45, 2.75) is 0 Å². The Balaban J connectivity index is 1.59. The summed E-state index contributed by atoms with van der Waals surface area (Å²) in [5, 5.41) is 2.71. The summed E-state index contributed by atoms with van der Waals surface area (Å²) in [6.07, 6.45) is 0. The zero-order valence-corrected chi connectivity index (χ0v) is 15.4. The molecule has 0 saturated carbocycles. The Labute approximate surface area is 154 Å². The molecule has 5 nitrogen and oxygen atoms in total. The molecule has 1 saturated heterocycles. The van der Waals surface area contributed by atoms with E-state index < -0.39 is 0 Å². The van der Waals surface area contributed by atoms with Crippen molar-refractivity contribution in [1.29, 1.82) is 0 Å². The molecule has 0 N–H and O–H groups in total. The lowest BCUT2D eigenvalue weighted by atomic mass is 10.3.